The third-order valence-corrected chi connectivity index (χ3v) is 4.97. The van der Waals surface area contributed by atoms with Crippen LogP contribution in [0.3, 0.4) is 0 Å². The third kappa shape index (κ3) is 4.80. The fourth-order valence-electron chi connectivity index (χ4n) is 3.34. The normalized spacial score (nSPS) is 15.7. The van der Waals surface area contributed by atoms with E-state index in [0.29, 0.717) is 30.3 Å². The average molecular weight is 407 g/mol. The molecule has 1 unspecified atom stereocenters. The molecule has 1 atom stereocenters. The smallest absolute Gasteiger partial charge is 0.272 e. The molecule has 0 spiro atoms. The van der Waals surface area contributed by atoms with Gasteiger partial charge in [0.15, 0.2) is 17.2 Å². The first-order valence-corrected chi connectivity index (χ1v) is 10.0. The second-order valence-electron chi connectivity index (χ2n) is 7.10. The molecule has 1 fully saturated rings. The number of para-hydroxylation sites is 1. The Bertz CT molecular complexity index is 981. The van der Waals surface area contributed by atoms with E-state index < -0.39 is 0 Å². The monoisotopic (exact) mass is 407 g/mol. The number of nitrogens with one attached hydrogen (secondary N) is 1. The van der Waals surface area contributed by atoms with Crippen molar-refractivity contribution in [2.45, 2.75) is 25.5 Å². The second kappa shape index (κ2) is 9.45. The molecule has 2 aromatic carbocycles. The van der Waals surface area contributed by atoms with E-state index in [4.69, 9.17) is 14.2 Å². The fraction of sp³-hybridized carbons (Fsp3) is 0.304. The van der Waals surface area contributed by atoms with Crippen molar-refractivity contribution in [1.29, 1.82) is 0 Å². The van der Waals surface area contributed by atoms with E-state index in [1.54, 1.807) is 24.1 Å². The number of amides is 1. The molecule has 156 valence electrons. The summed E-state index contributed by atoms with van der Waals surface area (Å²) in [6, 6.07) is 17.0. The van der Waals surface area contributed by atoms with Crippen molar-refractivity contribution < 1.29 is 19.0 Å². The minimum absolute atomic E-state index is 0.143. The zero-order chi connectivity index (χ0) is 20.8. The molecule has 1 amide bonds. The van der Waals surface area contributed by atoms with Gasteiger partial charge in [0.1, 0.15) is 6.61 Å². The molecule has 1 aliphatic heterocycles. The van der Waals surface area contributed by atoms with Crippen LogP contribution >= 0.6 is 0 Å². The molecule has 1 aromatic heterocycles. The maximum atomic E-state index is 12.5. The van der Waals surface area contributed by atoms with Gasteiger partial charge >= 0.3 is 0 Å². The lowest BCUT2D eigenvalue weighted by atomic mass is 10.2. The topological polar surface area (TPSA) is 74.6 Å². The van der Waals surface area contributed by atoms with Gasteiger partial charge in [0.2, 0.25) is 0 Å². The maximum absolute atomic E-state index is 12.5. The number of nitrogens with zero attached hydrogens (tertiary/aromatic N) is 2. The van der Waals surface area contributed by atoms with E-state index >= 15 is 0 Å². The highest BCUT2D eigenvalue weighted by molar-refractivity contribution is 5.92. The summed E-state index contributed by atoms with van der Waals surface area (Å²) >= 11 is 0. The molecule has 30 heavy (non-hydrogen) atoms. The summed E-state index contributed by atoms with van der Waals surface area (Å²) in [6.45, 7) is 1.67. The molecule has 0 aliphatic carbocycles. The lowest BCUT2D eigenvalue weighted by Crippen LogP contribution is -2.23. The summed E-state index contributed by atoms with van der Waals surface area (Å²) in [5, 5.41) is 7.25. The Hall–Kier alpha value is -3.32. The molecule has 1 saturated heterocycles. The molecule has 2 heterocycles. The third-order valence-electron chi connectivity index (χ3n) is 4.97. The van der Waals surface area contributed by atoms with Crippen LogP contribution in [0.25, 0.3) is 5.69 Å². The summed E-state index contributed by atoms with van der Waals surface area (Å²) < 4.78 is 18.6. The van der Waals surface area contributed by atoms with E-state index in [2.05, 4.69) is 10.4 Å². The van der Waals surface area contributed by atoms with Gasteiger partial charge < -0.3 is 19.5 Å². The van der Waals surface area contributed by atoms with Crippen LogP contribution in [0.15, 0.2) is 60.8 Å². The molecule has 0 bridgehead atoms. The van der Waals surface area contributed by atoms with E-state index in [0.717, 1.165) is 30.7 Å². The number of methoxy groups -OCH3 is 1. The zero-order valence-corrected chi connectivity index (χ0v) is 16.9. The Morgan fingerprint density at radius 1 is 1.20 bits per heavy atom. The van der Waals surface area contributed by atoms with Gasteiger partial charge in [0, 0.05) is 19.3 Å². The summed E-state index contributed by atoms with van der Waals surface area (Å²) in [5.41, 5.74) is 2.18. The number of carbonyl (C=O) groups is 1. The summed E-state index contributed by atoms with van der Waals surface area (Å²) in [4.78, 5) is 12.5. The van der Waals surface area contributed by atoms with Crippen LogP contribution in [0, 0.1) is 0 Å². The number of benzene rings is 2. The lowest BCUT2D eigenvalue weighted by molar-refractivity contribution is 0.0669. The van der Waals surface area contributed by atoms with Crippen molar-refractivity contribution in [1.82, 2.24) is 15.1 Å². The Kier molecular flexibility index (Phi) is 6.29. The Morgan fingerprint density at radius 3 is 2.83 bits per heavy atom. The van der Waals surface area contributed by atoms with Gasteiger partial charge in [-0.15, -0.1) is 0 Å². The van der Waals surface area contributed by atoms with Gasteiger partial charge in [0.25, 0.3) is 5.91 Å². The Labute approximate surface area is 175 Å². The predicted octanol–water partition coefficient (Wildman–Crippen LogP) is 3.37. The van der Waals surface area contributed by atoms with Crippen LogP contribution < -0.4 is 14.8 Å². The summed E-state index contributed by atoms with van der Waals surface area (Å²) in [6.07, 6.45) is 4.01. The van der Waals surface area contributed by atoms with Crippen LogP contribution in [-0.4, -0.2) is 42.1 Å². The number of ether oxygens (including phenoxy) is 3. The Balaban J connectivity index is 1.35. The minimum atomic E-state index is -0.234. The first-order chi connectivity index (χ1) is 14.7. The number of hydrogen-bond acceptors (Lipinski definition) is 5. The SMILES string of the molecule is COc1cc(CNC(=O)c2ccn(-c3ccccc3)n2)ccc1OCC1CCCO1. The molecule has 1 N–H and O–H groups in total. The predicted molar refractivity (Wildman–Crippen MR) is 112 cm³/mol. The van der Waals surface area contributed by atoms with Crippen LogP contribution in [0.5, 0.6) is 11.5 Å². The van der Waals surface area contributed by atoms with Crippen molar-refractivity contribution in [3.63, 3.8) is 0 Å². The molecule has 1 aliphatic rings. The molecule has 4 rings (SSSR count). The van der Waals surface area contributed by atoms with Gasteiger partial charge in [-0.1, -0.05) is 24.3 Å². The highest BCUT2D eigenvalue weighted by Crippen LogP contribution is 2.29. The van der Waals surface area contributed by atoms with Crippen molar-refractivity contribution >= 4 is 5.91 Å². The number of aromatic nitrogens is 2. The molecular formula is C23H25N3O4. The van der Waals surface area contributed by atoms with Crippen molar-refractivity contribution in [2.75, 3.05) is 20.3 Å². The molecular weight excluding hydrogens is 382 g/mol. The molecule has 0 radical (unpaired) electrons. The minimum Gasteiger partial charge on any atom is -0.493 e. The highest BCUT2D eigenvalue weighted by atomic mass is 16.5. The van der Waals surface area contributed by atoms with Gasteiger partial charge in [-0.3, -0.25) is 4.79 Å². The number of rotatable bonds is 8. The fourth-order valence-corrected chi connectivity index (χ4v) is 3.34. The first kappa shape index (κ1) is 20.0. The molecule has 3 aromatic rings. The van der Waals surface area contributed by atoms with E-state index in [1.807, 2.05) is 48.5 Å². The van der Waals surface area contributed by atoms with E-state index in [-0.39, 0.29) is 12.0 Å². The number of hydrogen-bond donors (Lipinski definition) is 1. The van der Waals surface area contributed by atoms with Crippen molar-refractivity contribution in [3.8, 4) is 17.2 Å². The van der Waals surface area contributed by atoms with Gasteiger partial charge in [-0.25, -0.2) is 4.68 Å². The van der Waals surface area contributed by atoms with Crippen LogP contribution in [0.1, 0.15) is 28.9 Å². The van der Waals surface area contributed by atoms with Crippen molar-refractivity contribution in [2.24, 2.45) is 0 Å². The van der Waals surface area contributed by atoms with Crippen LogP contribution in [0.4, 0.5) is 0 Å². The van der Waals surface area contributed by atoms with Gasteiger partial charge in [0.05, 0.1) is 18.9 Å². The lowest BCUT2D eigenvalue weighted by Gasteiger charge is -2.15. The van der Waals surface area contributed by atoms with Crippen molar-refractivity contribution in [3.05, 3.63) is 72.1 Å². The standard InChI is InChI=1S/C23H25N3O4/c1-28-22-14-17(9-10-21(22)30-16-19-8-5-13-29-19)15-24-23(27)20-11-12-26(25-20)18-6-3-2-4-7-18/h2-4,6-7,9-12,14,19H,5,8,13,15-16H2,1H3,(H,24,27). The zero-order valence-electron chi connectivity index (χ0n) is 16.9. The highest BCUT2D eigenvalue weighted by Gasteiger charge is 2.17. The summed E-state index contributed by atoms with van der Waals surface area (Å²) in [5.74, 6) is 1.07. The number of carbonyl (C=O) groups excluding carboxylic acids is 1. The molecule has 0 saturated carbocycles. The van der Waals surface area contributed by atoms with Gasteiger partial charge in [-0.05, 0) is 48.7 Å². The summed E-state index contributed by atoms with van der Waals surface area (Å²) in [7, 11) is 1.60. The molecule has 7 nitrogen and oxygen atoms in total. The second-order valence-corrected chi connectivity index (χ2v) is 7.10. The Morgan fingerprint density at radius 2 is 2.07 bits per heavy atom. The first-order valence-electron chi connectivity index (χ1n) is 10.0. The quantitative estimate of drug-likeness (QED) is 0.620. The maximum Gasteiger partial charge on any atom is 0.272 e. The van der Waals surface area contributed by atoms with Gasteiger partial charge in [-0.2, -0.15) is 5.10 Å². The largest absolute Gasteiger partial charge is 0.493 e. The average Bonchev–Trinajstić information content (AvgIpc) is 3.49. The van der Waals surface area contributed by atoms with E-state index in [1.165, 1.54) is 0 Å². The van der Waals surface area contributed by atoms with Crippen LogP contribution in [-0.2, 0) is 11.3 Å². The van der Waals surface area contributed by atoms with E-state index in [9.17, 15) is 4.79 Å². The van der Waals surface area contributed by atoms with Crippen LogP contribution in [0.2, 0.25) is 0 Å². The molecule has 7 heteroatoms.